The van der Waals surface area contributed by atoms with Crippen molar-refractivity contribution in [3.05, 3.63) is 0 Å². The molecular formula is C17H33F3N6. The molecule has 0 radical (unpaired) electrons. The average Bonchev–Trinajstić information content (AvgIpc) is 2.98. The number of likely N-dealkylation sites (tertiary alicyclic amines) is 1. The predicted molar refractivity (Wildman–Crippen MR) is 98.5 cm³/mol. The molecule has 2 N–H and O–H groups in total. The highest BCUT2D eigenvalue weighted by atomic mass is 19.4. The van der Waals surface area contributed by atoms with Crippen LogP contribution in [0.4, 0.5) is 13.2 Å². The summed E-state index contributed by atoms with van der Waals surface area (Å²) in [4.78, 5) is 10.5. The SMILES string of the molecule is CN=C(NCC(C)CN1CCN(C)CC1)NC1CCN(CC(F)(F)F)C1. The van der Waals surface area contributed by atoms with Crippen LogP contribution in [0.25, 0.3) is 0 Å². The summed E-state index contributed by atoms with van der Waals surface area (Å²) >= 11 is 0. The van der Waals surface area contributed by atoms with Gasteiger partial charge in [0.2, 0.25) is 0 Å². The first kappa shape index (κ1) is 21.2. The molecule has 0 bridgehead atoms. The maximum atomic E-state index is 12.5. The van der Waals surface area contributed by atoms with Gasteiger partial charge >= 0.3 is 6.18 Å². The number of rotatable bonds is 6. The third-order valence-corrected chi connectivity index (χ3v) is 5.02. The zero-order valence-corrected chi connectivity index (χ0v) is 16.1. The Balaban J connectivity index is 1.66. The van der Waals surface area contributed by atoms with E-state index in [2.05, 4.69) is 39.4 Å². The Morgan fingerprint density at radius 2 is 1.85 bits per heavy atom. The molecule has 0 aromatic carbocycles. The number of hydrogen-bond acceptors (Lipinski definition) is 4. The lowest BCUT2D eigenvalue weighted by Crippen LogP contribution is -2.49. The molecule has 26 heavy (non-hydrogen) atoms. The molecule has 2 unspecified atom stereocenters. The standard InChI is InChI=1S/C17H33F3N6/c1-14(11-25-8-6-24(3)7-9-25)10-22-16(21-2)23-15-4-5-26(12-15)13-17(18,19)20/h14-15H,4-13H2,1-3H3,(H2,21,22,23). The van der Waals surface area contributed by atoms with E-state index in [0.717, 1.165) is 39.3 Å². The molecule has 6 nitrogen and oxygen atoms in total. The summed E-state index contributed by atoms with van der Waals surface area (Å²) in [5.41, 5.74) is 0. The van der Waals surface area contributed by atoms with Gasteiger partial charge in [-0.1, -0.05) is 6.92 Å². The quantitative estimate of drug-likeness (QED) is 0.526. The second-order valence-electron chi connectivity index (χ2n) is 7.64. The van der Waals surface area contributed by atoms with E-state index in [1.165, 1.54) is 4.90 Å². The number of likely N-dealkylation sites (N-methyl/N-ethyl adjacent to an activating group) is 1. The fourth-order valence-electron chi connectivity index (χ4n) is 3.54. The lowest BCUT2D eigenvalue weighted by atomic mass is 10.1. The van der Waals surface area contributed by atoms with Crippen LogP contribution in [0.1, 0.15) is 13.3 Å². The van der Waals surface area contributed by atoms with Gasteiger partial charge in [-0.3, -0.25) is 9.89 Å². The number of nitrogens with one attached hydrogen (secondary N) is 2. The minimum Gasteiger partial charge on any atom is -0.356 e. The van der Waals surface area contributed by atoms with Gasteiger partial charge in [-0.05, 0) is 19.4 Å². The first-order valence-electron chi connectivity index (χ1n) is 9.42. The van der Waals surface area contributed by atoms with Crippen LogP contribution in [0.2, 0.25) is 0 Å². The van der Waals surface area contributed by atoms with Gasteiger partial charge < -0.3 is 20.4 Å². The van der Waals surface area contributed by atoms with Gasteiger partial charge in [0.1, 0.15) is 0 Å². The van der Waals surface area contributed by atoms with E-state index in [9.17, 15) is 13.2 Å². The van der Waals surface area contributed by atoms with Crippen LogP contribution in [0.3, 0.4) is 0 Å². The number of piperazine rings is 1. The van der Waals surface area contributed by atoms with Crippen molar-refractivity contribution in [2.24, 2.45) is 10.9 Å². The summed E-state index contributed by atoms with van der Waals surface area (Å²) in [6, 6.07) is 0.0106. The second-order valence-corrected chi connectivity index (χ2v) is 7.64. The summed E-state index contributed by atoms with van der Waals surface area (Å²) < 4.78 is 37.4. The van der Waals surface area contributed by atoms with Crippen LogP contribution in [0, 0.1) is 5.92 Å². The number of alkyl halides is 3. The Kier molecular flexibility index (Phi) is 7.97. The van der Waals surface area contributed by atoms with E-state index in [4.69, 9.17) is 0 Å². The fraction of sp³-hybridized carbons (Fsp3) is 0.941. The van der Waals surface area contributed by atoms with E-state index in [-0.39, 0.29) is 6.04 Å². The fourth-order valence-corrected chi connectivity index (χ4v) is 3.54. The highest BCUT2D eigenvalue weighted by molar-refractivity contribution is 5.80. The van der Waals surface area contributed by atoms with E-state index in [1.54, 1.807) is 7.05 Å². The van der Waals surface area contributed by atoms with Crippen LogP contribution >= 0.6 is 0 Å². The molecule has 2 rings (SSSR count). The summed E-state index contributed by atoms with van der Waals surface area (Å²) in [6.45, 7) is 8.50. The molecule has 2 aliphatic rings. The first-order chi connectivity index (χ1) is 12.2. The number of hydrogen-bond donors (Lipinski definition) is 2. The normalized spacial score (nSPS) is 25.5. The van der Waals surface area contributed by atoms with Crippen molar-refractivity contribution in [1.29, 1.82) is 0 Å². The zero-order valence-electron chi connectivity index (χ0n) is 16.1. The number of aliphatic imine (C=N–C) groups is 1. The molecule has 2 saturated heterocycles. The van der Waals surface area contributed by atoms with Crippen LogP contribution in [-0.2, 0) is 0 Å². The average molecular weight is 378 g/mol. The smallest absolute Gasteiger partial charge is 0.356 e. The molecule has 2 heterocycles. The molecule has 0 aromatic heterocycles. The molecule has 9 heteroatoms. The molecule has 2 atom stereocenters. The molecule has 0 spiro atoms. The van der Waals surface area contributed by atoms with Crippen molar-refractivity contribution in [1.82, 2.24) is 25.3 Å². The molecular weight excluding hydrogens is 345 g/mol. The van der Waals surface area contributed by atoms with E-state index < -0.39 is 12.7 Å². The molecule has 0 saturated carbocycles. The number of halogens is 3. The first-order valence-corrected chi connectivity index (χ1v) is 9.42. The van der Waals surface area contributed by atoms with E-state index in [0.29, 0.717) is 31.4 Å². The lowest BCUT2D eigenvalue weighted by molar-refractivity contribution is -0.143. The monoisotopic (exact) mass is 378 g/mol. The van der Waals surface area contributed by atoms with Gasteiger partial charge in [-0.2, -0.15) is 13.2 Å². The van der Waals surface area contributed by atoms with Gasteiger partial charge in [0.15, 0.2) is 5.96 Å². The minimum absolute atomic E-state index is 0.0106. The Bertz CT molecular complexity index is 448. The molecule has 0 aromatic rings. The molecule has 0 amide bonds. The Morgan fingerprint density at radius 1 is 1.15 bits per heavy atom. The molecule has 152 valence electrons. The van der Waals surface area contributed by atoms with Crippen LogP contribution in [0.5, 0.6) is 0 Å². The third kappa shape index (κ3) is 7.67. The van der Waals surface area contributed by atoms with Crippen molar-refractivity contribution in [3.8, 4) is 0 Å². The third-order valence-electron chi connectivity index (χ3n) is 5.02. The second kappa shape index (κ2) is 9.75. The van der Waals surface area contributed by atoms with Gasteiger partial charge in [0.05, 0.1) is 6.54 Å². The van der Waals surface area contributed by atoms with Crippen LogP contribution in [-0.4, -0.2) is 106 Å². The van der Waals surface area contributed by atoms with Crippen molar-refractivity contribution < 1.29 is 13.2 Å². The summed E-state index contributed by atoms with van der Waals surface area (Å²) in [5, 5.41) is 6.57. The van der Waals surface area contributed by atoms with Gasteiger partial charge in [-0.25, -0.2) is 0 Å². The minimum atomic E-state index is -4.13. The topological polar surface area (TPSA) is 46.1 Å². The van der Waals surface area contributed by atoms with Gasteiger partial charge in [-0.15, -0.1) is 0 Å². The van der Waals surface area contributed by atoms with Gasteiger partial charge in [0, 0.05) is 65.4 Å². The molecule has 2 fully saturated rings. The Hall–Kier alpha value is -1.06. The predicted octanol–water partition coefficient (Wildman–Crippen LogP) is 0.672. The number of nitrogens with zero attached hydrogens (tertiary/aromatic N) is 4. The summed E-state index contributed by atoms with van der Waals surface area (Å²) in [5.74, 6) is 1.15. The number of guanidine groups is 1. The highest BCUT2D eigenvalue weighted by Crippen LogP contribution is 2.19. The van der Waals surface area contributed by atoms with Crippen molar-refractivity contribution in [2.75, 3.05) is 73.0 Å². The van der Waals surface area contributed by atoms with Crippen LogP contribution < -0.4 is 10.6 Å². The molecule has 2 aliphatic heterocycles. The van der Waals surface area contributed by atoms with Crippen molar-refractivity contribution >= 4 is 5.96 Å². The van der Waals surface area contributed by atoms with Crippen molar-refractivity contribution in [3.63, 3.8) is 0 Å². The molecule has 0 aliphatic carbocycles. The summed E-state index contributed by atoms with van der Waals surface area (Å²) in [6.07, 6.45) is -3.43. The zero-order chi connectivity index (χ0) is 19.2. The Labute approximate surface area is 154 Å². The summed E-state index contributed by atoms with van der Waals surface area (Å²) in [7, 11) is 3.85. The van der Waals surface area contributed by atoms with Gasteiger partial charge in [0.25, 0.3) is 0 Å². The van der Waals surface area contributed by atoms with Crippen molar-refractivity contribution in [2.45, 2.75) is 25.6 Å². The lowest BCUT2D eigenvalue weighted by Gasteiger charge is -2.34. The largest absolute Gasteiger partial charge is 0.401 e. The maximum Gasteiger partial charge on any atom is 0.401 e. The van der Waals surface area contributed by atoms with Crippen LogP contribution in [0.15, 0.2) is 4.99 Å². The van der Waals surface area contributed by atoms with E-state index in [1.807, 2.05) is 0 Å². The highest BCUT2D eigenvalue weighted by Gasteiger charge is 2.34. The maximum absolute atomic E-state index is 12.5. The Morgan fingerprint density at radius 3 is 2.46 bits per heavy atom. The van der Waals surface area contributed by atoms with E-state index >= 15 is 0 Å².